The Morgan fingerprint density at radius 2 is 2.29 bits per heavy atom. The lowest BCUT2D eigenvalue weighted by atomic mass is 9.73. The molecule has 5 heteroatoms. The molecule has 2 atom stereocenters. The fourth-order valence-corrected chi connectivity index (χ4v) is 4.33. The second-order valence-electron chi connectivity index (χ2n) is 6.95. The van der Waals surface area contributed by atoms with Crippen LogP contribution in [0.5, 0.6) is 0 Å². The van der Waals surface area contributed by atoms with Gasteiger partial charge in [-0.3, -0.25) is 4.79 Å². The summed E-state index contributed by atoms with van der Waals surface area (Å²) in [6.07, 6.45) is 4.42. The van der Waals surface area contributed by atoms with Crippen molar-refractivity contribution in [1.29, 1.82) is 0 Å². The molecule has 24 heavy (non-hydrogen) atoms. The SMILES string of the molecule is COCC12CCCOC1CCN(C(=O)CCc1ccccc1Cl)C2. The molecule has 4 nitrogen and oxygen atoms in total. The van der Waals surface area contributed by atoms with Gasteiger partial charge in [-0.2, -0.15) is 0 Å². The number of ether oxygens (including phenoxy) is 2. The molecule has 1 amide bonds. The number of likely N-dealkylation sites (tertiary alicyclic amines) is 1. The van der Waals surface area contributed by atoms with Crippen LogP contribution in [-0.2, 0) is 20.7 Å². The van der Waals surface area contributed by atoms with Crippen molar-refractivity contribution in [3.05, 3.63) is 34.9 Å². The van der Waals surface area contributed by atoms with E-state index in [4.69, 9.17) is 21.1 Å². The molecule has 2 saturated heterocycles. The lowest BCUT2D eigenvalue weighted by Crippen LogP contribution is -2.58. The average Bonchev–Trinajstić information content (AvgIpc) is 2.60. The summed E-state index contributed by atoms with van der Waals surface area (Å²) in [5, 5.41) is 0.737. The Labute approximate surface area is 149 Å². The number of rotatable bonds is 5. The van der Waals surface area contributed by atoms with E-state index in [1.54, 1.807) is 7.11 Å². The minimum Gasteiger partial charge on any atom is -0.384 e. The predicted molar refractivity (Wildman–Crippen MR) is 94.3 cm³/mol. The molecular weight excluding hydrogens is 326 g/mol. The van der Waals surface area contributed by atoms with Crippen LogP contribution in [-0.4, -0.2) is 50.3 Å². The van der Waals surface area contributed by atoms with Crippen molar-refractivity contribution in [3.63, 3.8) is 0 Å². The maximum atomic E-state index is 12.7. The minimum atomic E-state index is -0.0364. The van der Waals surface area contributed by atoms with Crippen LogP contribution >= 0.6 is 11.6 Å². The van der Waals surface area contributed by atoms with E-state index in [2.05, 4.69) is 0 Å². The number of fused-ring (bicyclic) bond motifs is 1. The van der Waals surface area contributed by atoms with Gasteiger partial charge in [-0.25, -0.2) is 0 Å². The van der Waals surface area contributed by atoms with E-state index in [-0.39, 0.29) is 17.4 Å². The zero-order valence-corrected chi connectivity index (χ0v) is 15.1. The molecule has 0 aromatic heterocycles. The van der Waals surface area contributed by atoms with Gasteiger partial charge in [0.15, 0.2) is 0 Å². The van der Waals surface area contributed by atoms with E-state index < -0.39 is 0 Å². The molecule has 0 N–H and O–H groups in total. The fourth-order valence-electron chi connectivity index (χ4n) is 4.10. The van der Waals surface area contributed by atoms with E-state index in [1.165, 1.54) is 0 Å². The molecule has 2 heterocycles. The van der Waals surface area contributed by atoms with Crippen LogP contribution in [0.2, 0.25) is 5.02 Å². The quantitative estimate of drug-likeness (QED) is 0.816. The van der Waals surface area contributed by atoms with Crippen LogP contribution in [0.4, 0.5) is 0 Å². The fraction of sp³-hybridized carbons (Fsp3) is 0.632. The van der Waals surface area contributed by atoms with E-state index in [1.807, 2.05) is 29.2 Å². The van der Waals surface area contributed by atoms with Gasteiger partial charge < -0.3 is 14.4 Å². The van der Waals surface area contributed by atoms with Gasteiger partial charge in [0.2, 0.25) is 5.91 Å². The molecule has 0 bridgehead atoms. The highest BCUT2D eigenvalue weighted by atomic mass is 35.5. The molecule has 0 aliphatic carbocycles. The van der Waals surface area contributed by atoms with Gasteiger partial charge in [0.25, 0.3) is 0 Å². The highest BCUT2D eigenvalue weighted by molar-refractivity contribution is 6.31. The Morgan fingerprint density at radius 1 is 1.46 bits per heavy atom. The van der Waals surface area contributed by atoms with Crippen molar-refractivity contribution in [1.82, 2.24) is 4.90 Å². The zero-order chi connectivity index (χ0) is 17.0. The van der Waals surface area contributed by atoms with Crippen LogP contribution in [0.15, 0.2) is 24.3 Å². The van der Waals surface area contributed by atoms with Crippen molar-refractivity contribution >= 4 is 17.5 Å². The Hall–Kier alpha value is -1.10. The number of aryl methyl sites for hydroxylation is 1. The number of methoxy groups -OCH3 is 1. The summed E-state index contributed by atoms with van der Waals surface area (Å²) in [4.78, 5) is 14.7. The molecule has 1 aromatic carbocycles. The van der Waals surface area contributed by atoms with Crippen LogP contribution in [0.25, 0.3) is 0 Å². The number of benzene rings is 1. The molecule has 132 valence electrons. The molecule has 2 unspecified atom stereocenters. The van der Waals surface area contributed by atoms with Gasteiger partial charge in [0.1, 0.15) is 0 Å². The summed E-state index contributed by atoms with van der Waals surface area (Å²) >= 11 is 6.19. The summed E-state index contributed by atoms with van der Waals surface area (Å²) in [5.74, 6) is 0.203. The first-order valence-corrected chi connectivity index (χ1v) is 9.14. The number of halogens is 1. The molecule has 3 rings (SSSR count). The van der Waals surface area contributed by atoms with E-state index in [0.29, 0.717) is 19.4 Å². The van der Waals surface area contributed by atoms with Crippen LogP contribution in [0.3, 0.4) is 0 Å². The molecule has 2 aliphatic rings. The Morgan fingerprint density at radius 3 is 3.08 bits per heavy atom. The monoisotopic (exact) mass is 351 g/mol. The standard InChI is InChI=1S/C19H26ClNO3/c1-23-14-19-10-4-12-24-17(19)9-11-21(13-19)18(22)8-7-15-5-2-3-6-16(15)20/h2-3,5-6,17H,4,7-14H2,1H3. The van der Waals surface area contributed by atoms with Gasteiger partial charge in [0, 0.05) is 43.7 Å². The summed E-state index contributed by atoms with van der Waals surface area (Å²) < 4.78 is 11.5. The third kappa shape index (κ3) is 3.76. The molecule has 0 radical (unpaired) electrons. The van der Waals surface area contributed by atoms with Gasteiger partial charge in [-0.1, -0.05) is 29.8 Å². The maximum absolute atomic E-state index is 12.7. The van der Waals surface area contributed by atoms with Gasteiger partial charge >= 0.3 is 0 Å². The summed E-state index contributed by atoms with van der Waals surface area (Å²) in [6.45, 7) is 3.01. The largest absolute Gasteiger partial charge is 0.384 e. The molecular formula is C19H26ClNO3. The number of amides is 1. The normalized spacial score (nSPS) is 26.9. The Bertz CT molecular complexity index is 575. The second kappa shape index (κ2) is 7.85. The first-order chi connectivity index (χ1) is 11.6. The number of carbonyl (C=O) groups is 1. The maximum Gasteiger partial charge on any atom is 0.222 e. The topological polar surface area (TPSA) is 38.8 Å². The summed E-state index contributed by atoms with van der Waals surface area (Å²) in [5.41, 5.74) is 1.00. The van der Waals surface area contributed by atoms with Gasteiger partial charge in [0.05, 0.1) is 12.7 Å². The average molecular weight is 352 g/mol. The van der Waals surface area contributed by atoms with Crippen molar-refractivity contribution in [3.8, 4) is 0 Å². The van der Waals surface area contributed by atoms with E-state index >= 15 is 0 Å². The molecule has 0 saturated carbocycles. The Kier molecular flexibility index (Phi) is 5.80. The smallest absolute Gasteiger partial charge is 0.222 e. The van der Waals surface area contributed by atoms with Crippen LogP contribution < -0.4 is 0 Å². The number of hydrogen-bond acceptors (Lipinski definition) is 3. The molecule has 0 spiro atoms. The van der Waals surface area contributed by atoms with Crippen molar-refractivity contribution in [2.24, 2.45) is 5.41 Å². The third-order valence-corrected chi connectivity index (χ3v) is 5.71. The first kappa shape index (κ1) is 17.7. The van der Waals surface area contributed by atoms with Crippen molar-refractivity contribution in [2.75, 3.05) is 33.4 Å². The van der Waals surface area contributed by atoms with Gasteiger partial charge in [-0.15, -0.1) is 0 Å². The van der Waals surface area contributed by atoms with Crippen molar-refractivity contribution < 1.29 is 14.3 Å². The molecule has 2 aliphatic heterocycles. The number of nitrogens with zero attached hydrogens (tertiary/aromatic N) is 1. The number of hydrogen-bond donors (Lipinski definition) is 0. The third-order valence-electron chi connectivity index (χ3n) is 5.34. The second-order valence-corrected chi connectivity index (χ2v) is 7.36. The predicted octanol–water partition coefficient (Wildman–Crippen LogP) is 3.32. The lowest BCUT2D eigenvalue weighted by Gasteiger charge is -2.50. The summed E-state index contributed by atoms with van der Waals surface area (Å²) in [7, 11) is 1.73. The Balaban J connectivity index is 1.62. The van der Waals surface area contributed by atoms with Crippen LogP contribution in [0.1, 0.15) is 31.2 Å². The van der Waals surface area contributed by atoms with E-state index in [0.717, 1.165) is 49.5 Å². The molecule has 1 aromatic rings. The highest BCUT2D eigenvalue weighted by Crippen LogP contribution is 2.40. The van der Waals surface area contributed by atoms with E-state index in [9.17, 15) is 4.79 Å². The van der Waals surface area contributed by atoms with Gasteiger partial charge in [-0.05, 0) is 37.3 Å². The lowest BCUT2D eigenvalue weighted by molar-refractivity contribution is -0.162. The number of carbonyl (C=O) groups excluding carboxylic acids is 1. The van der Waals surface area contributed by atoms with Crippen molar-refractivity contribution in [2.45, 2.75) is 38.2 Å². The zero-order valence-electron chi connectivity index (χ0n) is 14.3. The number of piperidine rings is 1. The summed E-state index contributed by atoms with van der Waals surface area (Å²) in [6, 6.07) is 7.74. The highest BCUT2D eigenvalue weighted by Gasteiger charge is 2.46. The molecule has 2 fully saturated rings. The first-order valence-electron chi connectivity index (χ1n) is 8.76. The minimum absolute atomic E-state index is 0.0364. The van der Waals surface area contributed by atoms with Crippen LogP contribution in [0, 0.1) is 5.41 Å².